The smallest absolute Gasteiger partial charge is 0.250 e. The number of sulfonamides is 1. The van der Waals surface area contributed by atoms with E-state index in [-0.39, 0.29) is 24.4 Å². The fourth-order valence-corrected chi connectivity index (χ4v) is 6.39. The van der Waals surface area contributed by atoms with E-state index in [0.29, 0.717) is 37.9 Å². The Hall–Kier alpha value is -2.72. The minimum absolute atomic E-state index is 0.0721. The lowest BCUT2D eigenvalue weighted by Gasteiger charge is -2.31. The van der Waals surface area contributed by atoms with Crippen molar-refractivity contribution in [1.29, 1.82) is 0 Å². The van der Waals surface area contributed by atoms with Gasteiger partial charge in [-0.1, -0.05) is 30.3 Å². The quantitative estimate of drug-likeness (QED) is 0.382. The van der Waals surface area contributed by atoms with E-state index in [1.807, 2.05) is 49.5 Å². The summed E-state index contributed by atoms with van der Waals surface area (Å²) in [5.74, 6) is -0.395. The Morgan fingerprint density at radius 1 is 1.17 bits per heavy atom. The number of hydrogen-bond acceptors (Lipinski definition) is 5. The van der Waals surface area contributed by atoms with Gasteiger partial charge in [0.15, 0.2) is 0 Å². The molecule has 0 aliphatic carbocycles. The Bertz CT molecular complexity index is 1300. The number of aromatic amines is 1. The van der Waals surface area contributed by atoms with E-state index < -0.39 is 22.0 Å². The number of amides is 1. The van der Waals surface area contributed by atoms with Crippen molar-refractivity contribution in [2.24, 2.45) is 5.73 Å². The molecule has 0 spiro atoms. The van der Waals surface area contributed by atoms with Crippen molar-refractivity contribution in [3.8, 4) is 11.1 Å². The van der Waals surface area contributed by atoms with Crippen molar-refractivity contribution >= 4 is 26.8 Å². The van der Waals surface area contributed by atoms with E-state index >= 15 is 0 Å². The zero-order valence-corrected chi connectivity index (χ0v) is 21.6. The van der Waals surface area contributed by atoms with Gasteiger partial charge in [-0.05, 0) is 67.9 Å². The largest absolute Gasteiger partial charge is 0.393 e. The van der Waals surface area contributed by atoms with Gasteiger partial charge in [0.2, 0.25) is 10.0 Å². The summed E-state index contributed by atoms with van der Waals surface area (Å²) in [5.41, 5.74) is 9.87. The molecule has 1 amide bonds. The number of carbonyl (C=O) groups is 1. The van der Waals surface area contributed by atoms with Gasteiger partial charge in [-0.25, -0.2) is 12.7 Å². The number of nitrogens with zero attached hydrogens (tertiary/aromatic N) is 1. The van der Waals surface area contributed by atoms with Gasteiger partial charge in [-0.15, -0.1) is 0 Å². The van der Waals surface area contributed by atoms with Crippen molar-refractivity contribution in [2.45, 2.75) is 51.2 Å². The number of nitrogens with two attached hydrogens (primary N) is 1. The van der Waals surface area contributed by atoms with Crippen LogP contribution in [0.15, 0.2) is 48.7 Å². The number of H-pyrrole nitrogens is 1. The van der Waals surface area contributed by atoms with E-state index in [2.05, 4.69) is 11.1 Å². The zero-order chi connectivity index (χ0) is 25.9. The standard InChI is InChI=1S/C27H35N3O5S/c1-18(31)14-19(2)35-12-13-36(33,34)30-10-8-21(9-11-30)25-17-29-26-23(25)15-22(16-24(26)27(28)32)20-6-4-3-5-7-20/h3-7,15-19,21,29,31H,8-14H2,1-2H3,(H2,28,32)/t18-,19-/m1/s1. The fraction of sp³-hybridized carbons (Fsp3) is 0.444. The van der Waals surface area contributed by atoms with Gasteiger partial charge >= 0.3 is 0 Å². The number of hydrogen-bond donors (Lipinski definition) is 3. The minimum atomic E-state index is -3.43. The molecule has 4 rings (SSSR count). The number of primary amides is 1. The number of carbonyl (C=O) groups excluding carboxylic acids is 1. The second kappa shape index (κ2) is 11.1. The Balaban J connectivity index is 1.48. The van der Waals surface area contributed by atoms with Crippen molar-refractivity contribution in [3.63, 3.8) is 0 Å². The molecule has 3 aromatic rings. The van der Waals surface area contributed by atoms with E-state index in [1.165, 1.54) is 0 Å². The molecule has 0 bridgehead atoms. The topological polar surface area (TPSA) is 126 Å². The summed E-state index contributed by atoms with van der Waals surface area (Å²) in [6, 6.07) is 13.8. The third-order valence-corrected chi connectivity index (χ3v) is 8.73. The van der Waals surface area contributed by atoms with E-state index in [1.54, 1.807) is 11.2 Å². The number of ether oxygens (including phenoxy) is 1. The van der Waals surface area contributed by atoms with Crippen LogP contribution in [0.2, 0.25) is 0 Å². The van der Waals surface area contributed by atoms with E-state index in [0.717, 1.165) is 27.6 Å². The second-order valence-corrected chi connectivity index (χ2v) is 11.8. The molecule has 8 nitrogen and oxygen atoms in total. The minimum Gasteiger partial charge on any atom is -0.393 e. The molecular formula is C27H35N3O5S. The lowest BCUT2D eigenvalue weighted by atomic mass is 9.88. The molecule has 9 heteroatoms. The molecule has 36 heavy (non-hydrogen) atoms. The van der Waals surface area contributed by atoms with Crippen LogP contribution in [0.4, 0.5) is 0 Å². The molecule has 1 aromatic heterocycles. The maximum absolute atomic E-state index is 12.9. The first kappa shape index (κ1) is 26.3. The number of aliphatic hydroxyl groups excluding tert-OH is 1. The van der Waals surface area contributed by atoms with Gasteiger partial charge in [0.05, 0.1) is 35.6 Å². The van der Waals surface area contributed by atoms with Crippen LogP contribution in [0.5, 0.6) is 0 Å². The first-order valence-electron chi connectivity index (χ1n) is 12.4. The zero-order valence-electron chi connectivity index (χ0n) is 20.8. The predicted molar refractivity (Wildman–Crippen MR) is 141 cm³/mol. The van der Waals surface area contributed by atoms with Crippen molar-refractivity contribution in [1.82, 2.24) is 9.29 Å². The Labute approximate surface area is 212 Å². The average molecular weight is 514 g/mol. The highest BCUT2D eigenvalue weighted by molar-refractivity contribution is 7.89. The number of benzene rings is 2. The second-order valence-electron chi connectivity index (χ2n) is 9.68. The number of rotatable bonds is 10. The third-order valence-electron chi connectivity index (χ3n) is 6.90. The highest BCUT2D eigenvalue weighted by atomic mass is 32.2. The molecule has 1 saturated heterocycles. The molecule has 0 radical (unpaired) electrons. The Morgan fingerprint density at radius 3 is 2.50 bits per heavy atom. The molecule has 1 aliphatic heterocycles. The molecule has 0 unspecified atom stereocenters. The summed E-state index contributed by atoms with van der Waals surface area (Å²) in [7, 11) is -3.43. The Kier molecular flexibility index (Phi) is 8.14. The highest BCUT2D eigenvalue weighted by Crippen LogP contribution is 2.37. The summed E-state index contributed by atoms with van der Waals surface area (Å²) >= 11 is 0. The lowest BCUT2D eigenvalue weighted by molar-refractivity contribution is 0.0369. The molecule has 2 aromatic carbocycles. The van der Waals surface area contributed by atoms with E-state index in [9.17, 15) is 18.3 Å². The summed E-state index contributed by atoms with van der Waals surface area (Å²) in [4.78, 5) is 15.5. The van der Waals surface area contributed by atoms with Crippen LogP contribution in [0.1, 0.15) is 54.9 Å². The van der Waals surface area contributed by atoms with Crippen LogP contribution in [0, 0.1) is 0 Å². The molecule has 1 fully saturated rings. The maximum atomic E-state index is 12.9. The van der Waals surface area contributed by atoms with Crippen molar-refractivity contribution in [3.05, 3.63) is 59.8 Å². The predicted octanol–water partition coefficient (Wildman–Crippen LogP) is 3.62. The van der Waals surface area contributed by atoms with Crippen LogP contribution in [0.3, 0.4) is 0 Å². The molecular weight excluding hydrogens is 478 g/mol. The number of piperidine rings is 1. The summed E-state index contributed by atoms with van der Waals surface area (Å²) < 4.78 is 32.8. The Morgan fingerprint density at radius 2 is 1.86 bits per heavy atom. The van der Waals surface area contributed by atoms with Crippen molar-refractivity contribution < 1.29 is 23.1 Å². The third kappa shape index (κ3) is 5.98. The first-order chi connectivity index (χ1) is 17.2. The first-order valence-corrected chi connectivity index (χ1v) is 14.0. The molecule has 194 valence electrons. The maximum Gasteiger partial charge on any atom is 0.250 e. The van der Waals surface area contributed by atoms with Gasteiger partial charge in [-0.3, -0.25) is 4.79 Å². The number of nitrogens with one attached hydrogen (secondary N) is 1. The number of aliphatic hydroxyl groups is 1. The molecule has 1 aliphatic rings. The monoisotopic (exact) mass is 513 g/mol. The summed E-state index contributed by atoms with van der Waals surface area (Å²) in [6.45, 7) is 4.50. The SMILES string of the molecule is C[C@H](C[C@@H](C)O)OCCS(=O)(=O)N1CCC(c2c[nH]c3c(C(N)=O)cc(-c4ccccc4)cc23)CC1. The lowest BCUT2D eigenvalue weighted by Crippen LogP contribution is -2.40. The summed E-state index contributed by atoms with van der Waals surface area (Å²) in [6.07, 6.45) is 3.10. The number of fused-ring (bicyclic) bond motifs is 1. The van der Waals surface area contributed by atoms with Gasteiger partial charge < -0.3 is 20.6 Å². The van der Waals surface area contributed by atoms with Gasteiger partial charge in [-0.2, -0.15) is 0 Å². The molecule has 2 heterocycles. The summed E-state index contributed by atoms with van der Waals surface area (Å²) in [5, 5.41) is 10.4. The normalized spacial score (nSPS) is 17.3. The van der Waals surface area contributed by atoms with Gasteiger partial charge in [0.25, 0.3) is 5.91 Å². The number of aromatic nitrogens is 1. The molecule has 2 atom stereocenters. The van der Waals surface area contributed by atoms with Crippen LogP contribution in [-0.2, 0) is 14.8 Å². The molecule has 0 saturated carbocycles. The van der Waals surface area contributed by atoms with Gasteiger partial charge in [0, 0.05) is 24.7 Å². The van der Waals surface area contributed by atoms with Crippen LogP contribution < -0.4 is 5.73 Å². The average Bonchev–Trinajstić information content (AvgIpc) is 3.27. The highest BCUT2D eigenvalue weighted by Gasteiger charge is 2.30. The fourth-order valence-electron chi connectivity index (χ4n) is 5.06. The van der Waals surface area contributed by atoms with Gasteiger partial charge in [0.1, 0.15) is 0 Å². The molecule has 4 N–H and O–H groups in total. The van der Waals surface area contributed by atoms with Crippen LogP contribution in [0.25, 0.3) is 22.0 Å². The van der Waals surface area contributed by atoms with Crippen LogP contribution >= 0.6 is 0 Å². The van der Waals surface area contributed by atoms with Crippen molar-refractivity contribution in [2.75, 3.05) is 25.4 Å². The van der Waals surface area contributed by atoms with E-state index in [4.69, 9.17) is 10.5 Å². The van der Waals surface area contributed by atoms with Crippen LogP contribution in [-0.4, -0.2) is 66.4 Å².